The summed E-state index contributed by atoms with van der Waals surface area (Å²) in [5.41, 5.74) is 3.29. The molecule has 0 saturated carbocycles. The van der Waals surface area contributed by atoms with Gasteiger partial charge in [0.15, 0.2) is 0 Å². The number of benzene rings is 1. The third-order valence-electron chi connectivity index (χ3n) is 4.36. The SMILES string of the molecule is COC(=O)C1Cc2ccccc2CN1C(=O)c1cc(C)c(C)s1. The van der Waals surface area contributed by atoms with E-state index in [0.717, 1.165) is 21.6 Å². The predicted molar refractivity (Wildman–Crippen MR) is 89.6 cm³/mol. The molecule has 1 aromatic carbocycles. The molecule has 0 saturated heterocycles. The van der Waals surface area contributed by atoms with Crippen molar-refractivity contribution in [1.29, 1.82) is 0 Å². The van der Waals surface area contributed by atoms with Gasteiger partial charge in [-0.2, -0.15) is 0 Å². The molecule has 120 valence electrons. The molecule has 1 unspecified atom stereocenters. The molecule has 3 rings (SSSR count). The Morgan fingerprint density at radius 3 is 2.52 bits per heavy atom. The van der Waals surface area contributed by atoms with Crippen molar-refractivity contribution in [1.82, 2.24) is 4.90 Å². The first-order valence-electron chi connectivity index (χ1n) is 7.54. The Balaban J connectivity index is 1.97. The predicted octanol–water partition coefficient (Wildman–Crippen LogP) is 3.11. The Labute approximate surface area is 139 Å². The number of carbonyl (C=O) groups is 2. The molecule has 0 N–H and O–H groups in total. The summed E-state index contributed by atoms with van der Waals surface area (Å²) >= 11 is 1.48. The second-order valence-electron chi connectivity index (χ2n) is 5.79. The van der Waals surface area contributed by atoms with E-state index >= 15 is 0 Å². The molecule has 5 heteroatoms. The van der Waals surface area contributed by atoms with Crippen LogP contribution in [0.25, 0.3) is 0 Å². The molecule has 0 aliphatic carbocycles. The van der Waals surface area contributed by atoms with Crippen LogP contribution in [0.15, 0.2) is 30.3 Å². The van der Waals surface area contributed by atoms with Crippen molar-refractivity contribution in [2.75, 3.05) is 7.11 Å². The van der Waals surface area contributed by atoms with Gasteiger partial charge in [-0.05, 0) is 36.6 Å². The number of thiophene rings is 1. The van der Waals surface area contributed by atoms with Crippen molar-refractivity contribution in [3.63, 3.8) is 0 Å². The highest BCUT2D eigenvalue weighted by atomic mass is 32.1. The largest absolute Gasteiger partial charge is 0.467 e. The van der Waals surface area contributed by atoms with Crippen molar-refractivity contribution in [2.45, 2.75) is 32.9 Å². The molecule has 0 fully saturated rings. The first-order valence-corrected chi connectivity index (χ1v) is 8.35. The zero-order valence-electron chi connectivity index (χ0n) is 13.5. The van der Waals surface area contributed by atoms with Crippen molar-refractivity contribution < 1.29 is 14.3 Å². The average Bonchev–Trinajstić information content (AvgIpc) is 2.91. The first-order chi connectivity index (χ1) is 11.0. The van der Waals surface area contributed by atoms with Gasteiger partial charge in [-0.25, -0.2) is 4.79 Å². The molecule has 4 nitrogen and oxygen atoms in total. The van der Waals surface area contributed by atoms with Crippen LogP contribution in [0.3, 0.4) is 0 Å². The van der Waals surface area contributed by atoms with Gasteiger partial charge in [-0.1, -0.05) is 24.3 Å². The van der Waals surface area contributed by atoms with Gasteiger partial charge in [0, 0.05) is 17.8 Å². The van der Waals surface area contributed by atoms with Gasteiger partial charge in [0.05, 0.1) is 12.0 Å². The van der Waals surface area contributed by atoms with Gasteiger partial charge in [0.1, 0.15) is 6.04 Å². The van der Waals surface area contributed by atoms with Gasteiger partial charge in [0.2, 0.25) is 0 Å². The van der Waals surface area contributed by atoms with Crippen LogP contribution in [-0.4, -0.2) is 29.9 Å². The van der Waals surface area contributed by atoms with Crippen LogP contribution in [0.4, 0.5) is 0 Å². The fourth-order valence-corrected chi connectivity index (χ4v) is 3.89. The van der Waals surface area contributed by atoms with Crippen molar-refractivity contribution in [3.05, 3.63) is 56.8 Å². The van der Waals surface area contributed by atoms with E-state index in [1.54, 1.807) is 4.90 Å². The summed E-state index contributed by atoms with van der Waals surface area (Å²) in [6.07, 6.45) is 0.498. The number of rotatable bonds is 2. The summed E-state index contributed by atoms with van der Waals surface area (Å²) in [6, 6.07) is 9.26. The van der Waals surface area contributed by atoms with E-state index in [1.807, 2.05) is 44.2 Å². The number of fused-ring (bicyclic) bond motifs is 1. The molecular weight excluding hydrogens is 310 g/mol. The monoisotopic (exact) mass is 329 g/mol. The molecular formula is C18H19NO3S. The van der Waals surface area contributed by atoms with Crippen LogP contribution in [-0.2, 0) is 22.5 Å². The number of aryl methyl sites for hydroxylation is 2. The zero-order chi connectivity index (χ0) is 16.6. The minimum atomic E-state index is -0.565. The minimum absolute atomic E-state index is 0.101. The van der Waals surface area contributed by atoms with Crippen LogP contribution in [0.5, 0.6) is 0 Å². The fourth-order valence-electron chi connectivity index (χ4n) is 2.90. The lowest BCUT2D eigenvalue weighted by molar-refractivity contribution is -0.146. The van der Waals surface area contributed by atoms with Crippen molar-refractivity contribution >= 4 is 23.2 Å². The maximum absolute atomic E-state index is 12.9. The molecule has 1 aliphatic rings. The Morgan fingerprint density at radius 1 is 1.22 bits per heavy atom. The number of nitrogens with zero attached hydrogens (tertiary/aromatic N) is 1. The normalized spacial score (nSPS) is 16.8. The van der Waals surface area contributed by atoms with Crippen LogP contribution in [0.2, 0.25) is 0 Å². The molecule has 23 heavy (non-hydrogen) atoms. The van der Waals surface area contributed by atoms with Gasteiger partial charge in [-0.3, -0.25) is 4.79 Å². The van der Waals surface area contributed by atoms with Crippen molar-refractivity contribution in [2.24, 2.45) is 0 Å². The molecule has 0 spiro atoms. The number of hydrogen-bond acceptors (Lipinski definition) is 4. The second-order valence-corrected chi connectivity index (χ2v) is 7.05. The summed E-state index contributed by atoms with van der Waals surface area (Å²) in [7, 11) is 1.37. The Morgan fingerprint density at radius 2 is 1.91 bits per heavy atom. The number of esters is 1. The summed E-state index contributed by atoms with van der Waals surface area (Å²) in [5, 5.41) is 0. The van der Waals surface area contributed by atoms with Gasteiger partial charge in [-0.15, -0.1) is 11.3 Å². The van der Waals surface area contributed by atoms with E-state index in [0.29, 0.717) is 17.8 Å². The summed E-state index contributed by atoms with van der Waals surface area (Å²) < 4.78 is 4.92. The van der Waals surface area contributed by atoms with E-state index in [-0.39, 0.29) is 11.9 Å². The Bertz CT molecular complexity index is 746. The maximum atomic E-state index is 12.9. The molecule has 1 atom stereocenters. The van der Waals surface area contributed by atoms with Crippen LogP contribution < -0.4 is 0 Å². The Hall–Kier alpha value is -2.14. The summed E-state index contributed by atoms with van der Waals surface area (Å²) in [6.45, 7) is 4.43. The number of amides is 1. The van der Waals surface area contributed by atoms with Crippen LogP contribution in [0, 0.1) is 13.8 Å². The van der Waals surface area contributed by atoms with E-state index in [2.05, 4.69) is 0 Å². The van der Waals surface area contributed by atoms with Gasteiger partial charge >= 0.3 is 5.97 Å². The number of carbonyl (C=O) groups excluding carboxylic acids is 2. The second kappa shape index (κ2) is 6.16. The average molecular weight is 329 g/mol. The number of methoxy groups -OCH3 is 1. The highest BCUT2D eigenvalue weighted by Crippen LogP contribution is 2.28. The highest BCUT2D eigenvalue weighted by molar-refractivity contribution is 7.14. The number of hydrogen-bond donors (Lipinski definition) is 0. The van der Waals surface area contributed by atoms with Gasteiger partial charge in [0.25, 0.3) is 5.91 Å². The lowest BCUT2D eigenvalue weighted by Gasteiger charge is -2.34. The molecule has 2 aromatic rings. The molecule has 1 aliphatic heterocycles. The molecule has 0 bridgehead atoms. The molecule has 1 amide bonds. The summed E-state index contributed by atoms with van der Waals surface area (Å²) in [4.78, 5) is 28.6. The van der Waals surface area contributed by atoms with Crippen molar-refractivity contribution in [3.8, 4) is 0 Å². The Kier molecular flexibility index (Phi) is 4.22. The smallest absolute Gasteiger partial charge is 0.328 e. The topological polar surface area (TPSA) is 46.6 Å². The van der Waals surface area contributed by atoms with Gasteiger partial charge < -0.3 is 9.64 Å². The summed E-state index contributed by atoms with van der Waals surface area (Å²) in [5.74, 6) is -0.464. The fraction of sp³-hybridized carbons (Fsp3) is 0.333. The molecule has 0 radical (unpaired) electrons. The third-order valence-corrected chi connectivity index (χ3v) is 5.50. The lowest BCUT2D eigenvalue weighted by atomic mass is 9.93. The molecule has 2 heterocycles. The number of ether oxygens (including phenoxy) is 1. The highest BCUT2D eigenvalue weighted by Gasteiger charge is 2.36. The maximum Gasteiger partial charge on any atom is 0.328 e. The van der Waals surface area contributed by atoms with E-state index in [1.165, 1.54) is 18.4 Å². The molecule has 1 aromatic heterocycles. The lowest BCUT2D eigenvalue weighted by Crippen LogP contribution is -2.49. The third kappa shape index (κ3) is 2.88. The van der Waals surface area contributed by atoms with E-state index < -0.39 is 6.04 Å². The zero-order valence-corrected chi connectivity index (χ0v) is 14.3. The standard InChI is InChI=1S/C18H19NO3S/c1-11-8-16(23-12(11)2)17(20)19-10-14-7-5-4-6-13(14)9-15(19)18(21)22-3/h4-8,15H,9-10H2,1-3H3. The minimum Gasteiger partial charge on any atom is -0.467 e. The van der Waals surface area contributed by atoms with Crippen LogP contribution in [0.1, 0.15) is 31.2 Å². The van der Waals surface area contributed by atoms with E-state index in [4.69, 9.17) is 4.74 Å². The first kappa shape index (κ1) is 15.7. The quantitative estimate of drug-likeness (QED) is 0.795. The van der Waals surface area contributed by atoms with E-state index in [9.17, 15) is 9.59 Å². The van der Waals surface area contributed by atoms with Crippen LogP contribution >= 0.6 is 11.3 Å².